The Morgan fingerprint density at radius 3 is 2.39 bits per heavy atom. The Morgan fingerprint density at radius 2 is 1.65 bits per heavy atom. The number of halogens is 2. The number of carbonyl (C=O) groups is 2. The molecule has 46 heavy (non-hydrogen) atoms. The summed E-state index contributed by atoms with van der Waals surface area (Å²) in [5.41, 5.74) is 2.23. The van der Waals surface area contributed by atoms with Crippen LogP contribution in [0.5, 0.6) is 0 Å². The molecule has 1 heterocycles. The predicted molar refractivity (Wildman–Crippen MR) is 184 cm³/mol. The molecule has 0 aromatic heterocycles. The fourth-order valence-electron chi connectivity index (χ4n) is 6.65. The molecule has 6 rings (SSSR count). The third-order valence-electron chi connectivity index (χ3n) is 9.01. The number of hydrogen-bond donors (Lipinski definition) is 1. The maximum absolute atomic E-state index is 14.2. The van der Waals surface area contributed by atoms with Crippen LogP contribution in [-0.2, 0) is 32.6 Å². The van der Waals surface area contributed by atoms with Crippen molar-refractivity contribution in [1.29, 1.82) is 0 Å². The van der Waals surface area contributed by atoms with E-state index in [4.69, 9.17) is 23.2 Å². The Balaban J connectivity index is 1.26. The van der Waals surface area contributed by atoms with Crippen molar-refractivity contribution in [2.75, 3.05) is 10.8 Å². The Bertz CT molecular complexity index is 1840. The monoisotopic (exact) mass is 677 g/mol. The van der Waals surface area contributed by atoms with Crippen molar-refractivity contribution in [3.8, 4) is 0 Å². The van der Waals surface area contributed by atoms with E-state index >= 15 is 0 Å². The number of amides is 2. The maximum Gasteiger partial charge on any atom is 0.265 e. The Hall–Kier alpha value is -3.59. The molecule has 4 aromatic rings. The first-order valence-corrected chi connectivity index (χ1v) is 18.0. The predicted octanol–water partition coefficient (Wildman–Crippen LogP) is 7.52. The molecule has 7 nitrogen and oxygen atoms in total. The molecule has 1 atom stereocenters. The Kier molecular flexibility index (Phi) is 9.87. The molecule has 0 spiro atoms. The summed E-state index contributed by atoms with van der Waals surface area (Å²) in [5, 5.41) is 5.69. The highest BCUT2D eigenvalue weighted by molar-refractivity contribution is 7.93. The largest absolute Gasteiger partial charge is 0.352 e. The van der Waals surface area contributed by atoms with Crippen molar-refractivity contribution in [2.45, 2.75) is 74.9 Å². The molecule has 240 valence electrons. The topological polar surface area (TPSA) is 86.8 Å². The maximum atomic E-state index is 14.2. The number of hydrogen-bond acceptors (Lipinski definition) is 4. The number of benzene rings is 4. The van der Waals surface area contributed by atoms with Crippen LogP contribution >= 0.6 is 23.2 Å². The van der Waals surface area contributed by atoms with Crippen LogP contribution in [0.2, 0.25) is 10.0 Å². The van der Waals surface area contributed by atoms with Gasteiger partial charge in [0.1, 0.15) is 6.04 Å². The van der Waals surface area contributed by atoms with Crippen LogP contribution in [0.1, 0.15) is 56.1 Å². The van der Waals surface area contributed by atoms with E-state index in [0.29, 0.717) is 33.1 Å². The molecule has 1 N–H and O–H groups in total. The summed E-state index contributed by atoms with van der Waals surface area (Å²) >= 11 is 12.8. The average molecular weight is 679 g/mol. The van der Waals surface area contributed by atoms with Crippen molar-refractivity contribution in [2.24, 2.45) is 0 Å². The zero-order valence-electron chi connectivity index (χ0n) is 25.5. The van der Waals surface area contributed by atoms with Gasteiger partial charge in [0.05, 0.1) is 10.6 Å². The van der Waals surface area contributed by atoms with Crippen LogP contribution in [0, 0.1) is 0 Å². The molecular weight excluding hydrogens is 641 g/mol. The summed E-state index contributed by atoms with van der Waals surface area (Å²) < 4.78 is 28.4. The molecule has 1 saturated carbocycles. The number of carbonyl (C=O) groups excluding carboxylic acids is 2. The van der Waals surface area contributed by atoms with Gasteiger partial charge in [-0.1, -0.05) is 103 Å². The van der Waals surface area contributed by atoms with Crippen molar-refractivity contribution in [1.82, 2.24) is 10.2 Å². The highest BCUT2D eigenvalue weighted by Crippen LogP contribution is 2.42. The van der Waals surface area contributed by atoms with E-state index in [1.54, 1.807) is 41.3 Å². The van der Waals surface area contributed by atoms with E-state index in [-0.39, 0.29) is 48.7 Å². The second kappa shape index (κ2) is 14.0. The lowest BCUT2D eigenvalue weighted by molar-refractivity contribution is -0.141. The fraction of sp³-hybridized carbons (Fsp3) is 0.333. The normalized spacial score (nSPS) is 16.3. The van der Waals surface area contributed by atoms with Crippen LogP contribution in [0.15, 0.2) is 89.8 Å². The fourth-order valence-corrected chi connectivity index (χ4v) is 8.87. The first kappa shape index (κ1) is 32.4. The van der Waals surface area contributed by atoms with Gasteiger partial charge in [0, 0.05) is 47.4 Å². The molecule has 0 saturated heterocycles. The molecule has 0 bridgehead atoms. The minimum absolute atomic E-state index is 0.0472. The number of nitrogens with one attached hydrogen (secondary N) is 1. The lowest BCUT2D eigenvalue weighted by Gasteiger charge is -2.34. The van der Waals surface area contributed by atoms with Crippen LogP contribution in [0.4, 0.5) is 5.69 Å². The molecule has 0 radical (unpaired) electrons. The average Bonchev–Trinajstić information content (AvgIpc) is 3.27. The number of rotatable bonds is 11. The van der Waals surface area contributed by atoms with Gasteiger partial charge in [-0.05, 0) is 60.0 Å². The van der Waals surface area contributed by atoms with E-state index in [1.807, 2.05) is 48.5 Å². The molecule has 1 unspecified atom stereocenters. The van der Waals surface area contributed by atoms with Crippen LogP contribution < -0.4 is 9.62 Å². The molecule has 4 aromatic carbocycles. The van der Waals surface area contributed by atoms with E-state index in [9.17, 15) is 18.0 Å². The second-order valence-electron chi connectivity index (χ2n) is 12.1. The highest BCUT2D eigenvalue weighted by atomic mass is 35.5. The summed E-state index contributed by atoms with van der Waals surface area (Å²) in [6.07, 6.45) is 5.77. The quantitative estimate of drug-likeness (QED) is 0.178. The van der Waals surface area contributed by atoms with Gasteiger partial charge in [0.15, 0.2) is 0 Å². The van der Waals surface area contributed by atoms with Gasteiger partial charge in [-0.15, -0.1) is 0 Å². The number of sulfonamides is 1. The van der Waals surface area contributed by atoms with Crippen LogP contribution in [0.3, 0.4) is 0 Å². The van der Waals surface area contributed by atoms with Gasteiger partial charge >= 0.3 is 0 Å². The Morgan fingerprint density at radius 1 is 0.913 bits per heavy atom. The first-order valence-electron chi connectivity index (χ1n) is 15.8. The van der Waals surface area contributed by atoms with E-state index in [1.165, 1.54) is 4.31 Å². The second-order valence-corrected chi connectivity index (χ2v) is 14.8. The van der Waals surface area contributed by atoms with Crippen LogP contribution in [-0.4, -0.2) is 43.8 Å². The van der Waals surface area contributed by atoms with E-state index in [0.717, 1.165) is 43.1 Å². The molecule has 1 aliphatic carbocycles. The molecule has 2 amide bonds. The smallest absolute Gasteiger partial charge is 0.265 e. The third kappa shape index (κ3) is 6.89. The van der Waals surface area contributed by atoms with Gasteiger partial charge in [0.25, 0.3) is 10.0 Å². The summed E-state index contributed by atoms with van der Waals surface area (Å²) in [6, 6.07) is 24.9. The van der Waals surface area contributed by atoms with Crippen molar-refractivity contribution in [3.05, 3.63) is 106 Å². The molecule has 1 aliphatic heterocycles. The summed E-state index contributed by atoms with van der Waals surface area (Å²) in [7, 11) is -3.75. The van der Waals surface area contributed by atoms with Crippen LogP contribution in [0.25, 0.3) is 10.8 Å². The zero-order chi connectivity index (χ0) is 32.3. The highest BCUT2D eigenvalue weighted by Gasteiger charge is 2.36. The zero-order valence-corrected chi connectivity index (χ0v) is 27.8. The van der Waals surface area contributed by atoms with Gasteiger partial charge in [0.2, 0.25) is 11.8 Å². The molecule has 10 heteroatoms. The summed E-state index contributed by atoms with van der Waals surface area (Å²) in [4.78, 5) is 30.1. The van der Waals surface area contributed by atoms with Gasteiger partial charge in [-0.25, -0.2) is 8.42 Å². The summed E-state index contributed by atoms with van der Waals surface area (Å²) in [5.74, 6) is -0.448. The molecule has 2 aliphatic rings. The SMILES string of the molecule is O=C(NC1CCCCC1)C(Cc1ccccc1)N(Cc1ccc(Cl)cc1Cl)C(=O)CCCN1c2cccc3cccc(c23)S1(=O)=O. The standard InChI is InChI=1S/C36H37Cl2N3O4S/c37-28-20-19-27(30(38)23-28)24-40(32(22-25-10-3-1-4-11-25)36(43)39-29-14-5-2-6-15-29)34(42)18-9-21-41-31-16-7-12-26-13-8-17-33(35(26)31)46(41,44)45/h1,3-4,7-8,10-13,16-17,19-20,23,29,32H,2,5-6,9,14-15,18,21-22,24H2,(H,39,43). The number of anilines is 1. The van der Waals surface area contributed by atoms with Crippen molar-refractivity contribution in [3.63, 3.8) is 0 Å². The minimum Gasteiger partial charge on any atom is -0.352 e. The van der Waals surface area contributed by atoms with Crippen molar-refractivity contribution < 1.29 is 18.0 Å². The lowest BCUT2D eigenvalue weighted by atomic mass is 9.94. The van der Waals surface area contributed by atoms with Gasteiger partial charge in [-0.3, -0.25) is 13.9 Å². The van der Waals surface area contributed by atoms with Crippen molar-refractivity contribution >= 4 is 61.5 Å². The van der Waals surface area contributed by atoms with Gasteiger partial charge in [-0.2, -0.15) is 0 Å². The van der Waals surface area contributed by atoms with E-state index < -0.39 is 16.1 Å². The lowest BCUT2D eigenvalue weighted by Crippen LogP contribution is -2.53. The molecule has 1 fully saturated rings. The van der Waals surface area contributed by atoms with Gasteiger partial charge < -0.3 is 10.2 Å². The molecular formula is C36H37Cl2N3O4S. The third-order valence-corrected chi connectivity index (χ3v) is 11.5. The first-order chi connectivity index (χ1) is 22.2. The van der Waals surface area contributed by atoms with E-state index in [2.05, 4.69) is 5.32 Å². The minimum atomic E-state index is -3.75. The summed E-state index contributed by atoms with van der Waals surface area (Å²) in [6.45, 7) is 0.242. The Labute approximate surface area is 280 Å². The number of nitrogens with zero attached hydrogens (tertiary/aromatic N) is 2.